The largest absolute Gasteiger partial charge is 0.507 e. The van der Waals surface area contributed by atoms with Crippen LogP contribution in [-0.2, 0) is 25.7 Å². The Hall–Kier alpha value is 0.710. The molecule has 0 amide bonds. The first kappa shape index (κ1) is 40.5. The third kappa shape index (κ3) is 9.78. The highest BCUT2D eigenvalue weighted by molar-refractivity contribution is 14.1. The molecule has 0 saturated heterocycles. The van der Waals surface area contributed by atoms with Gasteiger partial charge in [-0.1, -0.05) is 6.07 Å². The van der Waals surface area contributed by atoms with Crippen LogP contribution >= 0.6 is 148 Å². The topological polar surface area (TPSA) is 71.0 Å². The summed E-state index contributed by atoms with van der Waals surface area (Å²) in [5.74, 6) is 3.26. The molecule has 1 aliphatic carbocycles. The van der Waals surface area contributed by atoms with Crippen molar-refractivity contribution in [3.63, 3.8) is 0 Å². The van der Waals surface area contributed by atoms with Gasteiger partial charge in [0.25, 0.3) is 0 Å². The third-order valence-corrected chi connectivity index (χ3v) is 13.8. The summed E-state index contributed by atoms with van der Waals surface area (Å²) >= 11 is 13.8. The summed E-state index contributed by atoms with van der Waals surface area (Å²) in [7, 11) is 3.44. The molecule has 0 fully saturated rings. The Labute approximate surface area is 365 Å². The van der Waals surface area contributed by atoms with Crippen molar-refractivity contribution in [1.82, 2.24) is 5.32 Å². The molecule has 0 bridgehead atoms. The van der Waals surface area contributed by atoms with Gasteiger partial charge in [0.15, 0.2) is 0 Å². The molecule has 252 valence electrons. The monoisotopic (exact) mass is 1330 g/mol. The van der Waals surface area contributed by atoms with E-state index in [-0.39, 0.29) is 18.4 Å². The van der Waals surface area contributed by atoms with Gasteiger partial charge >= 0.3 is 0 Å². The lowest BCUT2D eigenvalue weighted by molar-refractivity contribution is 0.408. The summed E-state index contributed by atoms with van der Waals surface area (Å²) in [6.45, 7) is 0.946. The van der Waals surface area contributed by atoms with Crippen molar-refractivity contribution in [3.05, 3.63) is 103 Å². The highest BCUT2D eigenvalue weighted by atomic mass is 127. The van der Waals surface area contributed by atoms with Gasteiger partial charge in [0.05, 0.1) is 35.6 Å². The van der Waals surface area contributed by atoms with E-state index in [0.717, 1.165) is 58.0 Å². The number of hydrogen-bond donors (Lipinski definition) is 3. The number of benzene rings is 4. The minimum atomic E-state index is 0. The van der Waals surface area contributed by atoms with Crippen LogP contribution in [0, 0.1) is 21.4 Å². The lowest BCUT2D eigenvalue weighted by Gasteiger charge is -2.28. The molecule has 0 aromatic heterocycles. The maximum absolute atomic E-state index is 9.96. The molecule has 0 spiro atoms. The Morgan fingerprint density at radius 3 is 1.85 bits per heavy atom. The smallest absolute Gasteiger partial charge is 0.145 e. The average molecular weight is 1330 g/mol. The number of hydrogen-bond acceptors (Lipinski definition) is 5. The zero-order valence-electron chi connectivity index (χ0n) is 25.6. The lowest BCUT2D eigenvalue weighted by atomic mass is 9.79. The fourth-order valence-electron chi connectivity index (χ4n) is 6.36. The second-order valence-corrected chi connectivity index (χ2v) is 18.3. The maximum atomic E-state index is 9.96. The number of phenols is 2. The molecule has 2 aliphatic rings. The molecule has 47 heavy (non-hydrogen) atoms. The first-order chi connectivity index (χ1) is 22.0. The molecule has 2 unspecified atom stereocenters. The average Bonchev–Trinajstić information content (AvgIpc) is 3.00. The predicted molar refractivity (Wildman–Crippen MR) is 243 cm³/mol. The molecule has 1 heterocycles. The van der Waals surface area contributed by atoms with Crippen molar-refractivity contribution in [1.29, 1.82) is 0 Å². The number of nitrogens with one attached hydrogen (secondary N) is 1. The van der Waals surface area contributed by atoms with Crippen LogP contribution in [0.3, 0.4) is 0 Å². The SMILES string of the molecule is COc1c(I)cc(CC2CCCc3c2ccc(O)c3I)cc1I.COc1c(I)cc(CC2NCCc3cc(O)c(I)cc32)cc1I.Cl. The number of halogens is 7. The van der Waals surface area contributed by atoms with Gasteiger partial charge < -0.3 is 25.0 Å². The van der Waals surface area contributed by atoms with Crippen LogP contribution in [0.4, 0.5) is 0 Å². The predicted octanol–water partition coefficient (Wildman–Crippen LogP) is 10.9. The molecule has 1 aliphatic heterocycles. The van der Waals surface area contributed by atoms with Gasteiger partial charge in [0.2, 0.25) is 0 Å². The molecule has 5 nitrogen and oxygen atoms in total. The highest BCUT2D eigenvalue weighted by Gasteiger charge is 2.25. The number of fused-ring (bicyclic) bond motifs is 2. The Kier molecular flexibility index (Phi) is 15.9. The standard InChI is InChI=1S/C18H17I3O2.C17H16I3NO2.ClH/c1-23-18-14(19)8-10(9-15(18)20)7-11-3-2-4-13-12(11)5-6-16(22)17(13)21;1-23-17-13(19)4-9(5-14(17)20)6-15-11-8-12(18)16(22)7-10(11)2-3-21-15;/h5-6,8-9,11,22H,2-4,7H2,1H3;4-5,7-8,15,21-22H,2-3,6H2,1H3;1H. The van der Waals surface area contributed by atoms with E-state index in [4.69, 9.17) is 9.47 Å². The van der Waals surface area contributed by atoms with Crippen LogP contribution in [0.5, 0.6) is 23.0 Å². The first-order valence-corrected chi connectivity index (χ1v) is 21.3. The van der Waals surface area contributed by atoms with Crippen LogP contribution in [-0.4, -0.2) is 31.0 Å². The van der Waals surface area contributed by atoms with Gasteiger partial charge in [-0.3, -0.25) is 0 Å². The third-order valence-electron chi connectivity index (χ3n) is 8.49. The second kappa shape index (κ2) is 18.5. The van der Waals surface area contributed by atoms with Crippen LogP contribution < -0.4 is 14.8 Å². The van der Waals surface area contributed by atoms with E-state index in [1.807, 2.05) is 12.1 Å². The molecule has 4 aromatic carbocycles. The van der Waals surface area contributed by atoms with Crippen LogP contribution in [0.25, 0.3) is 0 Å². The minimum absolute atomic E-state index is 0. The van der Waals surface area contributed by atoms with Gasteiger partial charge in [-0.05, 0) is 262 Å². The molecule has 0 saturated carbocycles. The molecular weight excluding hydrogens is 1300 g/mol. The molecule has 2 atom stereocenters. The minimum Gasteiger partial charge on any atom is -0.507 e. The number of rotatable bonds is 6. The summed E-state index contributed by atoms with van der Waals surface area (Å²) in [6, 6.07) is 17.2. The number of ether oxygens (including phenoxy) is 2. The van der Waals surface area contributed by atoms with Gasteiger partial charge in [-0.15, -0.1) is 12.4 Å². The van der Waals surface area contributed by atoms with Crippen molar-refractivity contribution in [2.24, 2.45) is 0 Å². The van der Waals surface area contributed by atoms with Crippen molar-refractivity contribution in [2.75, 3.05) is 20.8 Å². The van der Waals surface area contributed by atoms with Crippen molar-refractivity contribution in [3.8, 4) is 23.0 Å². The Morgan fingerprint density at radius 2 is 1.28 bits per heavy atom. The van der Waals surface area contributed by atoms with E-state index < -0.39 is 0 Å². The van der Waals surface area contributed by atoms with E-state index >= 15 is 0 Å². The molecule has 0 radical (unpaired) electrons. The lowest BCUT2D eigenvalue weighted by Crippen LogP contribution is -2.31. The van der Waals surface area contributed by atoms with Gasteiger partial charge in [-0.25, -0.2) is 0 Å². The van der Waals surface area contributed by atoms with Crippen LogP contribution in [0.15, 0.2) is 48.5 Å². The van der Waals surface area contributed by atoms with Crippen molar-refractivity contribution in [2.45, 2.75) is 50.5 Å². The fourth-order valence-corrected chi connectivity index (χ4v) is 12.3. The second-order valence-electron chi connectivity index (χ2n) is 11.4. The summed E-state index contributed by atoms with van der Waals surface area (Å²) in [5, 5.41) is 23.5. The van der Waals surface area contributed by atoms with Gasteiger partial charge in [0.1, 0.15) is 23.0 Å². The summed E-state index contributed by atoms with van der Waals surface area (Å²) in [4.78, 5) is 0. The summed E-state index contributed by atoms with van der Waals surface area (Å²) < 4.78 is 17.5. The molecule has 12 heteroatoms. The number of aromatic hydroxyl groups is 2. The summed E-state index contributed by atoms with van der Waals surface area (Å²) in [5.41, 5.74) is 7.98. The normalized spacial score (nSPS) is 16.6. The zero-order valence-corrected chi connectivity index (χ0v) is 39.4. The van der Waals surface area contributed by atoms with Crippen LogP contribution in [0.1, 0.15) is 58.2 Å². The van der Waals surface area contributed by atoms with Gasteiger partial charge in [0, 0.05) is 6.04 Å². The fraction of sp³-hybridized carbons (Fsp3) is 0.314. The molecular formula is C35H34ClI6NO4. The van der Waals surface area contributed by atoms with Crippen molar-refractivity contribution >= 4 is 148 Å². The van der Waals surface area contributed by atoms with E-state index in [2.05, 4.69) is 177 Å². The Morgan fingerprint density at radius 1 is 0.702 bits per heavy atom. The highest BCUT2D eigenvalue weighted by Crippen LogP contribution is 2.40. The Balaban J connectivity index is 0.000000208. The number of methoxy groups -OCH3 is 2. The van der Waals surface area contributed by atoms with E-state index in [1.54, 1.807) is 14.2 Å². The molecule has 4 aromatic rings. The zero-order chi connectivity index (χ0) is 33.1. The molecule has 6 rings (SSSR count). The van der Waals surface area contributed by atoms with Crippen molar-refractivity contribution < 1.29 is 19.7 Å². The van der Waals surface area contributed by atoms with E-state index in [9.17, 15) is 10.2 Å². The van der Waals surface area contributed by atoms with Crippen LogP contribution in [0.2, 0.25) is 0 Å². The quantitative estimate of drug-likeness (QED) is 0.168. The number of phenolic OH excluding ortho intramolecular Hbond substituents is 2. The molecule has 3 N–H and O–H groups in total. The van der Waals surface area contributed by atoms with Gasteiger partial charge in [-0.2, -0.15) is 0 Å². The first-order valence-electron chi connectivity index (χ1n) is 14.8. The maximum Gasteiger partial charge on any atom is 0.145 e. The van der Waals surface area contributed by atoms with E-state index in [0.29, 0.717) is 17.4 Å². The Bertz CT molecular complexity index is 1640. The summed E-state index contributed by atoms with van der Waals surface area (Å²) in [6.07, 6.45) is 6.44. The van der Waals surface area contributed by atoms with E-state index in [1.165, 1.54) is 53.4 Å².